The minimum Gasteiger partial charge on any atom is -0.462 e. The van der Waals surface area contributed by atoms with Gasteiger partial charge < -0.3 is 14.0 Å². The van der Waals surface area contributed by atoms with E-state index in [4.69, 9.17) is 21.1 Å². The zero-order valence-corrected chi connectivity index (χ0v) is 16.1. The van der Waals surface area contributed by atoms with Gasteiger partial charge in [-0.3, -0.25) is 4.79 Å². The molecule has 0 spiro atoms. The normalized spacial score (nSPS) is 12.0. The maximum atomic E-state index is 12.6. The Morgan fingerprint density at radius 1 is 1.15 bits per heavy atom. The van der Waals surface area contributed by atoms with Gasteiger partial charge in [-0.15, -0.1) is 11.6 Å². The largest absolute Gasteiger partial charge is 0.462 e. The summed E-state index contributed by atoms with van der Waals surface area (Å²) in [5.74, 6) is -0.632. The number of hydrogen-bond acceptors (Lipinski definition) is 4. The summed E-state index contributed by atoms with van der Waals surface area (Å²) in [7, 11) is 0. The summed E-state index contributed by atoms with van der Waals surface area (Å²) < 4.78 is 12.5. The van der Waals surface area contributed by atoms with Gasteiger partial charge in [-0.05, 0) is 51.1 Å². The van der Waals surface area contributed by atoms with Crippen molar-refractivity contribution < 1.29 is 19.1 Å². The first-order valence-electron chi connectivity index (χ1n) is 8.67. The quantitative estimate of drug-likeness (QED) is 0.364. The fourth-order valence-corrected chi connectivity index (χ4v) is 3.07. The second-order valence-electron chi connectivity index (χ2n) is 6.07. The van der Waals surface area contributed by atoms with Gasteiger partial charge in [-0.2, -0.15) is 0 Å². The molecule has 0 aliphatic heterocycles. The lowest BCUT2D eigenvalue weighted by molar-refractivity contribution is -0.133. The molecular weight excluding hydrogens is 366 g/mol. The molecule has 0 N–H and O–H groups in total. The summed E-state index contributed by atoms with van der Waals surface area (Å²) >= 11 is 5.78. The lowest BCUT2D eigenvalue weighted by Crippen LogP contribution is -2.17. The van der Waals surface area contributed by atoms with Gasteiger partial charge >= 0.3 is 11.9 Å². The van der Waals surface area contributed by atoms with Gasteiger partial charge in [-0.1, -0.05) is 18.2 Å². The smallest absolute Gasteiger partial charge is 0.340 e. The van der Waals surface area contributed by atoms with Crippen molar-refractivity contribution in [2.75, 3.05) is 6.61 Å². The lowest BCUT2D eigenvalue weighted by atomic mass is 10.1. The molecule has 1 aromatic heterocycles. The molecular formula is C21H20ClNO4. The van der Waals surface area contributed by atoms with Gasteiger partial charge in [-0.25, -0.2) is 4.79 Å². The van der Waals surface area contributed by atoms with Crippen molar-refractivity contribution >= 4 is 34.4 Å². The molecule has 0 amide bonds. The third kappa shape index (κ3) is 3.69. The van der Waals surface area contributed by atoms with Gasteiger partial charge in [0.2, 0.25) is 0 Å². The van der Waals surface area contributed by atoms with Gasteiger partial charge in [0, 0.05) is 16.8 Å². The number of aromatic nitrogens is 1. The van der Waals surface area contributed by atoms with Crippen molar-refractivity contribution in [2.24, 2.45) is 0 Å². The van der Waals surface area contributed by atoms with E-state index < -0.39 is 17.3 Å². The minimum atomic E-state index is -0.763. The average Bonchev–Trinajstić information content (AvgIpc) is 2.93. The highest BCUT2D eigenvalue weighted by Gasteiger charge is 2.23. The number of fused-ring (bicyclic) bond motifs is 1. The fraction of sp³-hybridized carbons (Fsp3) is 0.238. The van der Waals surface area contributed by atoms with E-state index in [1.54, 1.807) is 26.0 Å². The van der Waals surface area contributed by atoms with E-state index in [1.165, 1.54) is 0 Å². The Labute approximate surface area is 162 Å². The summed E-state index contributed by atoms with van der Waals surface area (Å²) in [5, 5.41) is -0.108. The molecule has 0 saturated carbocycles. The zero-order valence-electron chi connectivity index (χ0n) is 15.4. The molecule has 1 atom stereocenters. The fourth-order valence-electron chi connectivity index (χ4n) is 3.03. The number of hydrogen-bond donors (Lipinski definition) is 0. The molecule has 140 valence electrons. The van der Waals surface area contributed by atoms with Crippen molar-refractivity contribution in [3.63, 3.8) is 0 Å². The summed E-state index contributed by atoms with van der Waals surface area (Å²) in [6.07, 6.45) is 0. The molecule has 27 heavy (non-hydrogen) atoms. The number of carbonyl (C=O) groups excluding carboxylic acids is 2. The molecule has 6 heteroatoms. The van der Waals surface area contributed by atoms with Gasteiger partial charge in [0.15, 0.2) is 0 Å². The molecule has 5 nitrogen and oxygen atoms in total. The number of halogens is 1. The molecule has 1 heterocycles. The van der Waals surface area contributed by atoms with E-state index in [-0.39, 0.29) is 6.61 Å². The van der Waals surface area contributed by atoms with Crippen LogP contribution in [-0.4, -0.2) is 28.5 Å². The highest BCUT2D eigenvalue weighted by Crippen LogP contribution is 2.32. The maximum absolute atomic E-state index is 12.6. The van der Waals surface area contributed by atoms with Crippen LogP contribution in [0.3, 0.4) is 0 Å². The Kier molecular flexibility index (Phi) is 5.51. The van der Waals surface area contributed by atoms with E-state index in [0.29, 0.717) is 16.7 Å². The highest BCUT2D eigenvalue weighted by atomic mass is 35.5. The van der Waals surface area contributed by atoms with Crippen LogP contribution < -0.4 is 4.74 Å². The standard InChI is InChI=1S/C21H20ClNO4/c1-4-26-21(25)19-14(3)23(15-8-6-5-7-9-15)18-11-10-16(12-17(18)19)27-20(24)13(2)22/h5-13H,4H2,1-3H3. The Morgan fingerprint density at radius 3 is 2.48 bits per heavy atom. The van der Waals surface area contributed by atoms with Gasteiger partial charge in [0.1, 0.15) is 11.1 Å². The van der Waals surface area contributed by atoms with Crippen LogP contribution in [0.1, 0.15) is 29.9 Å². The van der Waals surface area contributed by atoms with Gasteiger partial charge in [0.25, 0.3) is 0 Å². The number of alkyl halides is 1. The summed E-state index contributed by atoms with van der Waals surface area (Å²) in [6, 6.07) is 14.9. The molecule has 3 aromatic rings. The average molecular weight is 386 g/mol. The van der Waals surface area contributed by atoms with Crippen LogP contribution in [-0.2, 0) is 9.53 Å². The number of nitrogens with zero attached hydrogens (tertiary/aromatic N) is 1. The second-order valence-corrected chi connectivity index (χ2v) is 6.72. The predicted molar refractivity (Wildman–Crippen MR) is 105 cm³/mol. The molecule has 0 radical (unpaired) electrons. The van der Waals surface area contributed by atoms with E-state index in [2.05, 4.69) is 0 Å². The van der Waals surface area contributed by atoms with Crippen molar-refractivity contribution in [2.45, 2.75) is 26.1 Å². The molecule has 0 aliphatic rings. The molecule has 1 unspecified atom stereocenters. The lowest BCUT2D eigenvalue weighted by Gasteiger charge is -2.09. The molecule has 0 fully saturated rings. The highest BCUT2D eigenvalue weighted by molar-refractivity contribution is 6.29. The predicted octanol–water partition coefficient (Wildman–Crippen LogP) is 4.65. The van der Waals surface area contributed by atoms with Crippen LogP contribution in [0.5, 0.6) is 5.75 Å². The monoisotopic (exact) mass is 385 g/mol. The van der Waals surface area contributed by atoms with Crippen molar-refractivity contribution in [1.29, 1.82) is 0 Å². The van der Waals surface area contributed by atoms with Crippen LogP contribution in [0.4, 0.5) is 0 Å². The van der Waals surface area contributed by atoms with E-state index in [1.807, 2.05) is 47.9 Å². The van der Waals surface area contributed by atoms with Crippen LogP contribution in [0.15, 0.2) is 48.5 Å². The third-order valence-corrected chi connectivity index (χ3v) is 4.39. The zero-order chi connectivity index (χ0) is 19.6. The second kappa shape index (κ2) is 7.84. The molecule has 3 rings (SSSR count). The first kappa shape index (κ1) is 19.0. The van der Waals surface area contributed by atoms with E-state index >= 15 is 0 Å². The van der Waals surface area contributed by atoms with Crippen molar-refractivity contribution in [3.05, 3.63) is 59.8 Å². The number of benzene rings is 2. The molecule has 0 saturated heterocycles. The number of para-hydroxylation sites is 1. The molecule has 2 aromatic carbocycles. The number of rotatable bonds is 5. The first-order valence-corrected chi connectivity index (χ1v) is 9.11. The Balaban J connectivity index is 2.21. The maximum Gasteiger partial charge on any atom is 0.340 e. The number of ether oxygens (including phenoxy) is 2. The van der Waals surface area contributed by atoms with Crippen LogP contribution in [0.2, 0.25) is 0 Å². The summed E-state index contributed by atoms with van der Waals surface area (Å²) in [5.41, 5.74) is 2.95. The topological polar surface area (TPSA) is 57.5 Å². The molecule has 0 aliphatic carbocycles. The Morgan fingerprint density at radius 2 is 1.85 bits per heavy atom. The van der Waals surface area contributed by atoms with Crippen LogP contribution in [0, 0.1) is 6.92 Å². The first-order chi connectivity index (χ1) is 12.9. The summed E-state index contributed by atoms with van der Waals surface area (Å²) in [6.45, 7) is 5.45. The van der Waals surface area contributed by atoms with Crippen LogP contribution >= 0.6 is 11.6 Å². The Hall–Kier alpha value is -2.79. The number of carbonyl (C=O) groups is 2. The van der Waals surface area contributed by atoms with Gasteiger partial charge in [0.05, 0.1) is 17.7 Å². The van der Waals surface area contributed by atoms with E-state index in [0.717, 1.165) is 16.9 Å². The third-order valence-electron chi connectivity index (χ3n) is 4.21. The van der Waals surface area contributed by atoms with Crippen LogP contribution in [0.25, 0.3) is 16.6 Å². The van der Waals surface area contributed by atoms with Crippen molar-refractivity contribution in [1.82, 2.24) is 4.57 Å². The van der Waals surface area contributed by atoms with E-state index in [9.17, 15) is 9.59 Å². The Bertz CT molecular complexity index is 992. The van der Waals surface area contributed by atoms with Crippen molar-refractivity contribution in [3.8, 4) is 11.4 Å². The molecule has 0 bridgehead atoms. The SMILES string of the molecule is CCOC(=O)c1c(C)n(-c2ccccc2)c2ccc(OC(=O)C(C)Cl)cc12. The summed E-state index contributed by atoms with van der Waals surface area (Å²) in [4.78, 5) is 24.4. The minimum absolute atomic E-state index is 0.273. The number of esters is 2.